The van der Waals surface area contributed by atoms with Crippen LogP contribution in [-0.4, -0.2) is 40.0 Å². The molecule has 38 heavy (non-hydrogen) atoms. The molecule has 3 atom stereocenters. The molecule has 0 bridgehead atoms. The molecule has 1 aliphatic heterocycles. The SMILES string of the molecule is COCCOc1ccc(Oc2ccc(F)c3c2CCC3Oc2ccc3c(c2)OCC32CC2C(=O)OC)cc1. The highest BCUT2D eigenvalue weighted by Crippen LogP contribution is 2.61. The summed E-state index contributed by atoms with van der Waals surface area (Å²) in [5, 5.41) is 0. The van der Waals surface area contributed by atoms with Crippen LogP contribution < -0.4 is 18.9 Å². The molecule has 0 radical (unpaired) electrons. The predicted molar refractivity (Wildman–Crippen MR) is 136 cm³/mol. The molecule has 8 heteroatoms. The molecular weight excluding hydrogens is 491 g/mol. The van der Waals surface area contributed by atoms with Crippen LogP contribution in [0.1, 0.15) is 35.6 Å². The van der Waals surface area contributed by atoms with Crippen molar-refractivity contribution in [3.8, 4) is 28.7 Å². The van der Waals surface area contributed by atoms with Crippen molar-refractivity contribution in [3.63, 3.8) is 0 Å². The Kier molecular flexibility index (Phi) is 6.35. The molecule has 1 fully saturated rings. The molecule has 0 N–H and O–H groups in total. The van der Waals surface area contributed by atoms with Gasteiger partial charge in [0, 0.05) is 35.3 Å². The molecule has 0 aromatic heterocycles. The highest BCUT2D eigenvalue weighted by Gasteiger charge is 2.64. The van der Waals surface area contributed by atoms with Gasteiger partial charge in [-0.3, -0.25) is 4.79 Å². The Balaban J connectivity index is 1.17. The number of rotatable bonds is 9. The van der Waals surface area contributed by atoms with Crippen LogP contribution >= 0.6 is 0 Å². The van der Waals surface area contributed by atoms with E-state index in [4.69, 9.17) is 28.4 Å². The summed E-state index contributed by atoms with van der Waals surface area (Å²) >= 11 is 0. The molecule has 1 spiro atoms. The quantitative estimate of drug-likeness (QED) is 0.271. The number of carbonyl (C=O) groups excluding carboxylic acids is 1. The zero-order valence-corrected chi connectivity index (χ0v) is 21.3. The van der Waals surface area contributed by atoms with E-state index in [1.54, 1.807) is 13.2 Å². The molecule has 1 heterocycles. The fourth-order valence-corrected chi connectivity index (χ4v) is 5.60. The standard InChI is InChI=1S/C30H29FO7/c1-33-13-14-35-18-3-5-19(6-4-18)37-25-12-10-24(31)28-21(25)8-11-26(28)38-20-7-9-22-27(15-20)36-17-30(22)16-23(30)29(32)34-2/h3-7,9-10,12,15,23,26H,8,11,13-14,16-17H2,1-2H3. The van der Waals surface area contributed by atoms with E-state index in [0.29, 0.717) is 61.2 Å². The molecule has 3 aromatic carbocycles. The van der Waals surface area contributed by atoms with E-state index in [1.165, 1.54) is 13.2 Å². The second kappa shape index (κ2) is 9.83. The van der Waals surface area contributed by atoms with Crippen molar-refractivity contribution >= 4 is 5.97 Å². The fraction of sp³-hybridized carbons (Fsp3) is 0.367. The van der Waals surface area contributed by atoms with Gasteiger partial charge in [-0.1, -0.05) is 6.07 Å². The van der Waals surface area contributed by atoms with Crippen LogP contribution in [0, 0.1) is 11.7 Å². The average molecular weight is 521 g/mol. The van der Waals surface area contributed by atoms with Crippen LogP contribution in [0.15, 0.2) is 54.6 Å². The van der Waals surface area contributed by atoms with E-state index in [2.05, 4.69) is 0 Å². The number of esters is 1. The van der Waals surface area contributed by atoms with Crippen LogP contribution in [0.4, 0.5) is 4.39 Å². The molecule has 0 amide bonds. The second-order valence-electron chi connectivity index (χ2n) is 9.88. The minimum Gasteiger partial charge on any atom is -0.492 e. The Morgan fingerprint density at radius 3 is 2.61 bits per heavy atom. The predicted octanol–water partition coefficient (Wildman–Crippen LogP) is 5.53. The number of hydrogen-bond acceptors (Lipinski definition) is 7. The summed E-state index contributed by atoms with van der Waals surface area (Å²) in [4.78, 5) is 12.0. The van der Waals surface area contributed by atoms with Crippen molar-refractivity contribution < 1.29 is 37.6 Å². The average Bonchev–Trinajstić information content (AvgIpc) is 3.33. The molecule has 6 rings (SSSR count). The van der Waals surface area contributed by atoms with Crippen molar-refractivity contribution in [1.29, 1.82) is 0 Å². The van der Waals surface area contributed by atoms with E-state index in [-0.39, 0.29) is 23.1 Å². The first-order valence-corrected chi connectivity index (χ1v) is 12.7. The maximum Gasteiger partial charge on any atom is 0.309 e. The first kappa shape index (κ1) is 24.6. The molecule has 3 unspecified atom stereocenters. The van der Waals surface area contributed by atoms with Crippen molar-refractivity contribution in [3.05, 3.63) is 77.1 Å². The summed E-state index contributed by atoms with van der Waals surface area (Å²) in [6.45, 7) is 1.43. The fourth-order valence-electron chi connectivity index (χ4n) is 5.60. The second-order valence-corrected chi connectivity index (χ2v) is 9.88. The summed E-state index contributed by atoms with van der Waals surface area (Å²) < 4.78 is 48.9. The van der Waals surface area contributed by atoms with Crippen LogP contribution in [0.25, 0.3) is 0 Å². The number of hydrogen-bond donors (Lipinski definition) is 0. The summed E-state index contributed by atoms with van der Waals surface area (Å²) in [6, 6.07) is 16.0. The van der Waals surface area contributed by atoms with Gasteiger partial charge in [0.15, 0.2) is 0 Å². The monoisotopic (exact) mass is 520 g/mol. The van der Waals surface area contributed by atoms with Crippen molar-refractivity contribution in [2.45, 2.75) is 30.8 Å². The van der Waals surface area contributed by atoms with Gasteiger partial charge >= 0.3 is 5.97 Å². The van der Waals surface area contributed by atoms with E-state index >= 15 is 4.39 Å². The minimum absolute atomic E-state index is 0.172. The Hall–Kier alpha value is -3.78. The van der Waals surface area contributed by atoms with Gasteiger partial charge < -0.3 is 28.4 Å². The van der Waals surface area contributed by atoms with Crippen LogP contribution in [0.2, 0.25) is 0 Å². The summed E-state index contributed by atoms with van der Waals surface area (Å²) in [7, 11) is 3.04. The molecule has 7 nitrogen and oxygen atoms in total. The Labute approximate surface area is 220 Å². The molecule has 1 saturated carbocycles. The van der Waals surface area contributed by atoms with Gasteiger partial charge in [-0.05, 0) is 61.7 Å². The van der Waals surface area contributed by atoms with Crippen molar-refractivity contribution in [2.75, 3.05) is 34.0 Å². The first-order valence-electron chi connectivity index (χ1n) is 12.7. The number of ether oxygens (including phenoxy) is 6. The summed E-state index contributed by atoms with van der Waals surface area (Å²) in [5.41, 5.74) is 2.04. The molecule has 0 saturated heterocycles. The first-order chi connectivity index (χ1) is 18.5. The Bertz CT molecular complexity index is 1360. The maximum atomic E-state index is 15.0. The maximum absolute atomic E-state index is 15.0. The normalized spacial score (nSPS) is 22.4. The molecular formula is C30H29FO7. The van der Waals surface area contributed by atoms with Gasteiger partial charge in [-0.25, -0.2) is 4.39 Å². The van der Waals surface area contributed by atoms with Gasteiger partial charge in [0.1, 0.15) is 47.3 Å². The lowest BCUT2D eigenvalue weighted by Crippen LogP contribution is -2.17. The smallest absolute Gasteiger partial charge is 0.309 e. The van der Waals surface area contributed by atoms with Crippen molar-refractivity contribution in [1.82, 2.24) is 0 Å². The Morgan fingerprint density at radius 1 is 1.03 bits per heavy atom. The Morgan fingerprint density at radius 2 is 1.82 bits per heavy atom. The lowest BCUT2D eigenvalue weighted by atomic mass is 9.95. The lowest BCUT2D eigenvalue weighted by Gasteiger charge is -2.17. The van der Waals surface area contributed by atoms with E-state index in [0.717, 1.165) is 23.3 Å². The summed E-state index contributed by atoms with van der Waals surface area (Å²) in [5.74, 6) is 2.59. The van der Waals surface area contributed by atoms with Gasteiger partial charge in [-0.2, -0.15) is 0 Å². The van der Waals surface area contributed by atoms with Gasteiger partial charge in [0.25, 0.3) is 0 Å². The minimum atomic E-state index is -0.442. The van der Waals surface area contributed by atoms with E-state index < -0.39 is 6.10 Å². The molecule has 198 valence electrons. The third-order valence-electron chi connectivity index (χ3n) is 7.66. The number of halogens is 1. The van der Waals surface area contributed by atoms with Gasteiger partial charge in [0.05, 0.1) is 26.2 Å². The molecule has 2 aliphatic carbocycles. The topological polar surface area (TPSA) is 72.5 Å². The number of carbonyl (C=O) groups is 1. The molecule has 3 aliphatic rings. The van der Waals surface area contributed by atoms with Crippen LogP contribution in [0.5, 0.6) is 28.7 Å². The summed E-state index contributed by atoms with van der Waals surface area (Å²) in [6.07, 6.45) is 1.55. The highest BCUT2D eigenvalue weighted by molar-refractivity contribution is 5.80. The van der Waals surface area contributed by atoms with Gasteiger partial charge in [-0.15, -0.1) is 0 Å². The molecule has 3 aromatic rings. The zero-order valence-electron chi connectivity index (χ0n) is 21.3. The third-order valence-corrected chi connectivity index (χ3v) is 7.66. The number of fused-ring (bicyclic) bond motifs is 3. The largest absolute Gasteiger partial charge is 0.492 e. The zero-order chi connectivity index (χ0) is 26.3. The van der Waals surface area contributed by atoms with Crippen LogP contribution in [-0.2, 0) is 26.1 Å². The lowest BCUT2D eigenvalue weighted by molar-refractivity contribution is -0.142. The van der Waals surface area contributed by atoms with Crippen LogP contribution in [0.3, 0.4) is 0 Å². The van der Waals surface area contributed by atoms with Gasteiger partial charge in [0.2, 0.25) is 0 Å². The van der Waals surface area contributed by atoms with E-state index in [1.807, 2.05) is 42.5 Å². The van der Waals surface area contributed by atoms with E-state index in [9.17, 15) is 4.79 Å². The van der Waals surface area contributed by atoms with Crippen molar-refractivity contribution in [2.24, 2.45) is 5.92 Å². The highest BCUT2D eigenvalue weighted by atomic mass is 19.1. The number of methoxy groups -OCH3 is 2. The third kappa shape index (κ3) is 4.32. The number of benzene rings is 3.